The van der Waals surface area contributed by atoms with E-state index in [1.807, 2.05) is 47.5 Å². The molecule has 1 saturated heterocycles. The zero-order valence-electron chi connectivity index (χ0n) is 14.4. The molecule has 132 valence electrons. The number of thiazole rings is 1. The van der Waals surface area contributed by atoms with Crippen LogP contribution in [0.5, 0.6) is 0 Å². The first kappa shape index (κ1) is 17.6. The van der Waals surface area contributed by atoms with E-state index in [1.165, 1.54) is 11.3 Å². The smallest absolute Gasteiger partial charge is 0.230 e. The van der Waals surface area contributed by atoms with Crippen LogP contribution in [-0.4, -0.2) is 34.8 Å². The maximum absolute atomic E-state index is 12.9. The SMILES string of the molecule is CCC(C(=O)N1CCC(C(=O)Nc2nccs2)CC1)c1ccccc1. The predicted octanol–water partition coefficient (Wildman–Crippen LogP) is 3.51. The van der Waals surface area contributed by atoms with Gasteiger partial charge in [-0.2, -0.15) is 0 Å². The Hall–Kier alpha value is -2.21. The molecule has 1 aliphatic rings. The summed E-state index contributed by atoms with van der Waals surface area (Å²) in [6, 6.07) is 9.94. The minimum absolute atomic E-state index is 0.0112. The van der Waals surface area contributed by atoms with Crippen molar-refractivity contribution in [2.24, 2.45) is 5.92 Å². The molecule has 0 saturated carbocycles. The van der Waals surface area contributed by atoms with Crippen LogP contribution in [0.25, 0.3) is 0 Å². The Morgan fingerprint density at radius 3 is 2.60 bits per heavy atom. The van der Waals surface area contributed by atoms with E-state index < -0.39 is 0 Å². The molecule has 0 bridgehead atoms. The van der Waals surface area contributed by atoms with Crippen LogP contribution in [0, 0.1) is 5.92 Å². The Balaban J connectivity index is 1.56. The molecule has 6 heteroatoms. The summed E-state index contributed by atoms with van der Waals surface area (Å²) in [6.07, 6.45) is 3.87. The fourth-order valence-electron chi connectivity index (χ4n) is 3.31. The van der Waals surface area contributed by atoms with Gasteiger partial charge in [0, 0.05) is 30.6 Å². The van der Waals surface area contributed by atoms with Gasteiger partial charge < -0.3 is 10.2 Å². The average Bonchev–Trinajstić information content (AvgIpc) is 3.16. The van der Waals surface area contributed by atoms with Crippen molar-refractivity contribution in [2.75, 3.05) is 18.4 Å². The van der Waals surface area contributed by atoms with Crippen molar-refractivity contribution in [1.82, 2.24) is 9.88 Å². The molecular weight excluding hydrogens is 334 g/mol. The zero-order chi connectivity index (χ0) is 17.6. The van der Waals surface area contributed by atoms with E-state index in [1.54, 1.807) is 6.20 Å². The van der Waals surface area contributed by atoms with Crippen molar-refractivity contribution < 1.29 is 9.59 Å². The highest BCUT2D eigenvalue weighted by Crippen LogP contribution is 2.26. The molecule has 25 heavy (non-hydrogen) atoms. The summed E-state index contributed by atoms with van der Waals surface area (Å²) < 4.78 is 0. The summed E-state index contributed by atoms with van der Waals surface area (Å²) in [7, 11) is 0. The first-order valence-corrected chi connectivity index (χ1v) is 9.61. The van der Waals surface area contributed by atoms with E-state index >= 15 is 0 Å². The molecule has 1 unspecified atom stereocenters. The second-order valence-corrected chi connectivity index (χ2v) is 7.19. The van der Waals surface area contributed by atoms with Gasteiger partial charge in [-0.3, -0.25) is 9.59 Å². The number of nitrogens with zero attached hydrogens (tertiary/aromatic N) is 2. The lowest BCUT2D eigenvalue weighted by Gasteiger charge is -2.33. The normalized spacial score (nSPS) is 16.4. The Bertz CT molecular complexity index is 695. The molecule has 0 aliphatic carbocycles. The number of likely N-dealkylation sites (tertiary alicyclic amines) is 1. The summed E-state index contributed by atoms with van der Waals surface area (Å²) in [5.41, 5.74) is 1.07. The minimum Gasteiger partial charge on any atom is -0.342 e. The van der Waals surface area contributed by atoms with Crippen molar-refractivity contribution in [3.63, 3.8) is 0 Å². The number of anilines is 1. The number of hydrogen-bond acceptors (Lipinski definition) is 4. The van der Waals surface area contributed by atoms with Crippen LogP contribution in [0.3, 0.4) is 0 Å². The Morgan fingerprint density at radius 1 is 1.28 bits per heavy atom. The van der Waals surface area contributed by atoms with Gasteiger partial charge >= 0.3 is 0 Å². The summed E-state index contributed by atoms with van der Waals surface area (Å²) >= 11 is 1.42. The molecule has 3 rings (SSSR count). The topological polar surface area (TPSA) is 62.3 Å². The molecular formula is C19H23N3O2S. The minimum atomic E-state index is -0.0955. The van der Waals surface area contributed by atoms with Gasteiger partial charge in [0.2, 0.25) is 11.8 Å². The average molecular weight is 357 g/mol. The van der Waals surface area contributed by atoms with E-state index in [-0.39, 0.29) is 23.7 Å². The largest absolute Gasteiger partial charge is 0.342 e. The molecule has 5 nitrogen and oxygen atoms in total. The van der Waals surface area contributed by atoms with Crippen molar-refractivity contribution in [1.29, 1.82) is 0 Å². The number of amides is 2. The van der Waals surface area contributed by atoms with Crippen LogP contribution >= 0.6 is 11.3 Å². The molecule has 1 aromatic carbocycles. The third-order valence-electron chi connectivity index (χ3n) is 4.75. The number of hydrogen-bond donors (Lipinski definition) is 1. The quantitative estimate of drug-likeness (QED) is 0.891. The van der Waals surface area contributed by atoms with Crippen molar-refractivity contribution in [3.05, 3.63) is 47.5 Å². The highest BCUT2D eigenvalue weighted by atomic mass is 32.1. The van der Waals surface area contributed by atoms with E-state index in [2.05, 4.69) is 10.3 Å². The third kappa shape index (κ3) is 4.25. The number of piperidine rings is 1. The monoisotopic (exact) mass is 357 g/mol. The van der Waals surface area contributed by atoms with Crippen LogP contribution in [0.1, 0.15) is 37.7 Å². The molecule has 0 radical (unpaired) electrons. The first-order chi connectivity index (χ1) is 12.2. The molecule has 1 atom stereocenters. The van der Waals surface area contributed by atoms with Gasteiger partial charge in [-0.1, -0.05) is 37.3 Å². The molecule has 1 fully saturated rings. The lowest BCUT2D eigenvalue weighted by atomic mass is 9.91. The first-order valence-electron chi connectivity index (χ1n) is 8.73. The summed E-state index contributed by atoms with van der Waals surface area (Å²) in [5.74, 6) is 0.0382. The van der Waals surface area contributed by atoms with Gasteiger partial charge in [0.05, 0.1) is 5.92 Å². The van der Waals surface area contributed by atoms with Crippen molar-refractivity contribution in [2.45, 2.75) is 32.1 Å². The van der Waals surface area contributed by atoms with Crippen molar-refractivity contribution >= 4 is 28.3 Å². The van der Waals surface area contributed by atoms with Gasteiger partial charge in [0.15, 0.2) is 5.13 Å². The predicted molar refractivity (Wildman–Crippen MR) is 99.5 cm³/mol. The molecule has 1 aromatic heterocycles. The Kier molecular flexibility index (Phi) is 5.81. The Morgan fingerprint density at radius 2 is 2.00 bits per heavy atom. The van der Waals surface area contributed by atoms with E-state index in [0.29, 0.717) is 31.1 Å². The van der Waals surface area contributed by atoms with Crippen LogP contribution in [-0.2, 0) is 9.59 Å². The molecule has 2 amide bonds. The van der Waals surface area contributed by atoms with Crippen LogP contribution < -0.4 is 5.32 Å². The lowest BCUT2D eigenvalue weighted by Crippen LogP contribution is -2.43. The van der Waals surface area contributed by atoms with E-state index in [0.717, 1.165) is 12.0 Å². The second kappa shape index (κ2) is 8.25. The number of carbonyl (C=O) groups excluding carboxylic acids is 2. The highest BCUT2D eigenvalue weighted by molar-refractivity contribution is 7.13. The third-order valence-corrected chi connectivity index (χ3v) is 5.44. The van der Waals surface area contributed by atoms with Gasteiger partial charge in [0.1, 0.15) is 0 Å². The molecule has 2 aromatic rings. The van der Waals surface area contributed by atoms with Crippen molar-refractivity contribution in [3.8, 4) is 0 Å². The number of rotatable bonds is 5. The lowest BCUT2D eigenvalue weighted by molar-refractivity contribution is -0.136. The zero-order valence-corrected chi connectivity index (χ0v) is 15.2. The summed E-state index contributed by atoms with van der Waals surface area (Å²) in [4.78, 5) is 31.2. The van der Waals surface area contributed by atoms with Crippen LogP contribution in [0.4, 0.5) is 5.13 Å². The standard InChI is InChI=1S/C19H23N3O2S/c1-2-16(14-6-4-3-5-7-14)18(24)22-11-8-15(9-12-22)17(23)21-19-20-10-13-25-19/h3-7,10,13,15-16H,2,8-9,11-12H2,1H3,(H,20,21,23). The molecule has 1 aliphatic heterocycles. The number of benzene rings is 1. The highest BCUT2D eigenvalue weighted by Gasteiger charge is 2.30. The number of aromatic nitrogens is 1. The van der Waals surface area contributed by atoms with Gasteiger partial charge in [-0.25, -0.2) is 4.98 Å². The van der Waals surface area contributed by atoms with Gasteiger partial charge in [0.25, 0.3) is 0 Å². The molecule has 1 N–H and O–H groups in total. The van der Waals surface area contributed by atoms with E-state index in [9.17, 15) is 9.59 Å². The summed E-state index contributed by atoms with van der Waals surface area (Å²) in [5, 5.41) is 5.34. The second-order valence-electron chi connectivity index (χ2n) is 6.30. The van der Waals surface area contributed by atoms with E-state index in [4.69, 9.17) is 0 Å². The number of carbonyl (C=O) groups is 2. The summed E-state index contributed by atoms with van der Waals surface area (Å²) in [6.45, 7) is 3.32. The van der Waals surface area contributed by atoms with Crippen LogP contribution in [0.15, 0.2) is 41.9 Å². The maximum Gasteiger partial charge on any atom is 0.230 e. The van der Waals surface area contributed by atoms with Gasteiger partial charge in [-0.05, 0) is 24.8 Å². The molecule has 0 spiro atoms. The fourth-order valence-corrected chi connectivity index (χ4v) is 3.85. The van der Waals surface area contributed by atoms with Crippen LogP contribution in [0.2, 0.25) is 0 Å². The van der Waals surface area contributed by atoms with Gasteiger partial charge in [-0.15, -0.1) is 11.3 Å². The Labute approximate surface area is 152 Å². The fraction of sp³-hybridized carbons (Fsp3) is 0.421. The number of nitrogens with one attached hydrogen (secondary N) is 1. The maximum atomic E-state index is 12.9. The molecule has 2 heterocycles.